The summed E-state index contributed by atoms with van der Waals surface area (Å²) in [7, 11) is 1.44. The number of carbonyl (C=O) groups is 1. The van der Waals surface area contributed by atoms with Gasteiger partial charge in [0, 0.05) is 26.6 Å². The van der Waals surface area contributed by atoms with Crippen molar-refractivity contribution < 1.29 is 13.6 Å². The van der Waals surface area contributed by atoms with Crippen LogP contribution in [0.25, 0.3) is 0 Å². The molecule has 1 amide bonds. The number of likely N-dealkylation sites (N-methyl/N-ethyl adjacent to an activating group) is 1. The van der Waals surface area contributed by atoms with Gasteiger partial charge in [-0.2, -0.15) is 8.78 Å². The Bertz CT molecular complexity index is 209. The highest BCUT2D eigenvalue weighted by Crippen LogP contribution is 2.18. The second-order valence-corrected chi connectivity index (χ2v) is 3.80. The van der Waals surface area contributed by atoms with Crippen LogP contribution in [0.4, 0.5) is 8.78 Å². The van der Waals surface area contributed by atoms with E-state index in [1.54, 1.807) is 0 Å². The molecule has 0 bridgehead atoms. The van der Waals surface area contributed by atoms with Gasteiger partial charge in [0.2, 0.25) is 0 Å². The Morgan fingerprint density at radius 1 is 1.57 bits per heavy atom. The molecular weight excluding hydrogens is 190 g/mol. The lowest BCUT2D eigenvalue weighted by Gasteiger charge is -2.33. The van der Waals surface area contributed by atoms with Crippen molar-refractivity contribution in [2.75, 3.05) is 20.1 Å². The molecule has 1 saturated heterocycles. The van der Waals surface area contributed by atoms with E-state index in [2.05, 4.69) is 5.32 Å². The van der Waals surface area contributed by atoms with Gasteiger partial charge in [-0.05, 0) is 19.4 Å². The van der Waals surface area contributed by atoms with Gasteiger partial charge in [-0.15, -0.1) is 0 Å². The van der Waals surface area contributed by atoms with Gasteiger partial charge < -0.3 is 10.2 Å². The molecule has 1 heterocycles. The minimum Gasteiger partial charge on any atom is -0.336 e. The van der Waals surface area contributed by atoms with Crippen LogP contribution in [0.3, 0.4) is 0 Å². The van der Waals surface area contributed by atoms with Crippen LogP contribution in [0, 0.1) is 0 Å². The van der Waals surface area contributed by atoms with Crippen molar-refractivity contribution in [3.05, 3.63) is 0 Å². The second-order valence-electron chi connectivity index (χ2n) is 3.80. The molecule has 1 aliphatic heterocycles. The molecule has 0 spiro atoms. The van der Waals surface area contributed by atoms with Crippen LogP contribution in [0.2, 0.25) is 0 Å². The Balaban J connectivity index is 2.55. The van der Waals surface area contributed by atoms with E-state index in [4.69, 9.17) is 0 Å². The summed E-state index contributed by atoms with van der Waals surface area (Å²) in [4.78, 5) is 12.4. The highest BCUT2D eigenvalue weighted by Gasteiger charge is 2.37. The van der Waals surface area contributed by atoms with E-state index in [0.717, 1.165) is 24.3 Å². The standard InChI is InChI=1S/C9H16F2N2O/c1-9(10,11)8(14)13(2)7-4-3-5-12-6-7/h7,12H,3-6H2,1-2H3. The van der Waals surface area contributed by atoms with E-state index >= 15 is 0 Å². The number of halogens is 2. The Labute approximate surface area is 82.5 Å². The summed E-state index contributed by atoms with van der Waals surface area (Å²) in [6.07, 6.45) is 1.73. The van der Waals surface area contributed by atoms with Crippen molar-refractivity contribution in [3.8, 4) is 0 Å². The van der Waals surface area contributed by atoms with E-state index in [9.17, 15) is 13.6 Å². The van der Waals surface area contributed by atoms with Gasteiger partial charge in [-0.3, -0.25) is 4.79 Å². The van der Waals surface area contributed by atoms with Crippen LogP contribution in [0.1, 0.15) is 19.8 Å². The first-order chi connectivity index (χ1) is 6.43. The molecule has 1 fully saturated rings. The van der Waals surface area contributed by atoms with Gasteiger partial charge in [0.15, 0.2) is 0 Å². The van der Waals surface area contributed by atoms with Crippen molar-refractivity contribution in [3.63, 3.8) is 0 Å². The molecule has 1 unspecified atom stereocenters. The fourth-order valence-corrected chi connectivity index (χ4v) is 1.64. The van der Waals surface area contributed by atoms with Gasteiger partial charge in [0.05, 0.1) is 0 Å². The molecule has 1 aliphatic rings. The Kier molecular flexibility index (Phi) is 3.42. The molecule has 14 heavy (non-hydrogen) atoms. The highest BCUT2D eigenvalue weighted by molar-refractivity contribution is 5.83. The number of hydrogen-bond donors (Lipinski definition) is 1. The molecule has 0 aromatic heterocycles. The van der Waals surface area contributed by atoms with Crippen LogP contribution in [-0.2, 0) is 4.79 Å². The summed E-state index contributed by atoms with van der Waals surface area (Å²) in [5.41, 5.74) is 0. The van der Waals surface area contributed by atoms with Gasteiger partial charge in [0.25, 0.3) is 5.91 Å². The van der Waals surface area contributed by atoms with Crippen molar-refractivity contribution in [1.29, 1.82) is 0 Å². The minimum atomic E-state index is -3.26. The van der Waals surface area contributed by atoms with Crippen molar-refractivity contribution in [2.24, 2.45) is 0 Å². The lowest BCUT2D eigenvalue weighted by atomic mass is 10.1. The lowest BCUT2D eigenvalue weighted by molar-refractivity contribution is -0.156. The first kappa shape index (κ1) is 11.4. The highest BCUT2D eigenvalue weighted by atomic mass is 19.3. The Hall–Kier alpha value is -0.710. The molecule has 0 saturated carbocycles. The fraction of sp³-hybridized carbons (Fsp3) is 0.889. The summed E-state index contributed by atoms with van der Waals surface area (Å²) in [5.74, 6) is -4.35. The molecule has 1 N–H and O–H groups in total. The van der Waals surface area contributed by atoms with Crippen LogP contribution in [0.5, 0.6) is 0 Å². The van der Waals surface area contributed by atoms with Gasteiger partial charge >= 0.3 is 5.92 Å². The largest absolute Gasteiger partial charge is 0.336 e. The van der Waals surface area contributed by atoms with E-state index in [1.807, 2.05) is 0 Å². The fourth-order valence-electron chi connectivity index (χ4n) is 1.64. The van der Waals surface area contributed by atoms with Crippen LogP contribution in [-0.4, -0.2) is 42.9 Å². The number of hydrogen-bond acceptors (Lipinski definition) is 2. The summed E-state index contributed by atoms with van der Waals surface area (Å²) in [5, 5.41) is 3.08. The monoisotopic (exact) mass is 206 g/mol. The Morgan fingerprint density at radius 2 is 2.21 bits per heavy atom. The number of nitrogens with one attached hydrogen (secondary N) is 1. The zero-order chi connectivity index (χ0) is 10.8. The first-order valence-electron chi connectivity index (χ1n) is 4.78. The maximum Gasteiger partial charge on any atom is 0.322 e. The topological polar surface area (TPSA) is 32.3 Å². The lowest BCUT2D eigenvalue weighted by Crippen LogP contribution is -2.50. The Morgan fingerprint density at radius 3 is 2.64 bits per heavy atom. The zero-order valence-corrected chi connectivity index (χ0v) is 8.52. The number of nitrogens with zero attached hydrogens (tertiary/aromatic N) is 1. The third-order valence-corrected chi connectivity index (χ3v) is 2.51. The zero-order valence-electron chi connectivity index (χ0n) is 8.52. The summed E-state index contributed by atoms with van der Waals surface area (Å²) in [6, 6.07) is -0.0953. The quantitative estimate of drug-likeness (QED) is 0.726. The summed E-state index contributed by atoms with van der Waals surface area (Å²) < 4.78 is 25.4. The number of amides is 1. The molecule has 0 aromatic rings. The first-order valence-corrected chi connectivity index (χ1v) is 4.78. The predicted molar refractivity (Wildman–Crippen MR) is 49.3 cm³/mol. The van der Waals surface area contributed by atoms with E-state index in [-0.39, 0.29) is 6.04 Å². The van der Waals surface area contributed by atoms with Crippen molar-refractivity contribution in [2.45, 2.75) is 31.7 Å². The average molecular weight is 206 g/mol. The third-order valence-electron chi connectivity index (χ3n) is 2.51. The second kappa shape index (κ2) is 4.21. The molecule has 1 atom stereocenters. The molecule has 3 nitrogen and oxygen atoms in total. The van der Waals surface area contributed by atoms with E-state index in [0.29, 0.717) is 13.5 Å². The van der Waals surface area contributed by atoms with Gasteiger partial charge in [-0.25, -0.2) is 0 Å². The van der Waals surface area contributed by atoms with Crippen LogP contribution >= 0.6 is 0 Å². The van der Waals surface area contributed by atoms with Gasteiger partial charge in [0.1, 0.15) is 0 Å². The van der Waals surface area contributed by atoms with E-state index in [1.165, 1.54) is 7.05 Å². The minimum absolute atomic E-state index is 0.0953. The maximum atomic E-state index is 12.7. The van der Waals surface area contributed by atoms with Crippen LogP contribution < -0.4 is 5.32 Å². The van der Waals surface area contributed by atoms with E-state index < -0.39 is 11.8 Å². The third kappa shape index (κ3) is 2.64. The molecule has 0 aromatic carbocycles. The summed E-state index contributed by atoms with van der Waals surface area (Å²) >= 11 is 0. The average Bonchev–Trinajstić information content (AvgIpc) is 2.15. The van der Waals surface area contributed by atoms with Gasteiger partial charge in [-0.1, -0.05) is 0 Å². The predicted octanol–water partition coefficient (Wildman–Crippen LogP) is 0.852. The molecule has 0 aliphatic carbocycles. The normalized spacial score (nSPS) is 23.3. The van der Waals surface area contributed by atoms with Crippen molar-refractivity contribution >= 4 is 5.91 Å². The molecule has 5 heteroatoms. The van der Waals surface area contributed by atoms with Crippen LogP contribution in [0.15, 0.2) is 0 Å². The molecular formula is C9H16F2N2O. The SMILES string of the molecule is CN(C(=O)C(C)(F)F)C1CCCNC1. The number of carbonyl (C=O) groups excluding carboxylic acids is 1. The van der Waals surface area contributed by atoms with Crippen molar-refractivity contribution in [1.82, 2.24) is 10.2 Å². The smallest absolute Gasteiger partial charge is 0.322 e. The summed E-state index contributed by atoms with van der Waals surface area (Å²) in [6.45, 7) is 2.15. The molecule has 0 radical (unpaired) electrons. The number of alkyl halides is 2. The maximum absolute atomic E-state index is 12.7. The molecule has 1 rings (SSSR count). The molecule has 82 valence electrons. The number of piperidine rings is 1. The number of rotatable bonds is 2.